The lowest BCUT2D eigenvalue weighted by Gasteiger charge is -2.20. The Balaban J connectivity index is 1.72. The van der Waals surface area contributed by atoms with Crippen LogP contribution in [-0.4, -0.2) is 0 Å². The van der Waals surface area contributed by atoms with Crippen molar-refractivity contribution in [3.8, 4) is 11.1 Å². The predicted octanol–water partition coefficient (Wildman–Crippen LogP) is 7.86. The molecule has 0 bridgehead atoms. The number of fused-ring (bicyclic) bond motifs is 1. The van der Waals surface area contributed by atoms with Gasteiger partial charge in [0.15, 0.2) is 0 Å². The molecule has 0 aromatic heterocycles. The van der Waals surface area contributed by atoms with Crippen molar-refractivity contribution in [2.75, 3.05) is 5.32 Å². The molecule has 0 spiro atoms. The van der Waals surface area contributed by atoms with Gasteiger partial charge in [0.05, 0.1) is 0 Å². The molecule has 1 nitrogen and oxygen atoms in total. The van der Waals surface area contributed by atoms with E-state index >= 15 is 0 Å². The van der Waals surface area contributed by atoms with Crippen molar-refractivity contribution < 1.29 is 0 Å². The minimum atomic E-state index is 0.165. The third-order valence-electron chi connectivity index (χ3n) is 5.27. The number of aryl methyl sites for hydroxylation is 1. The predicted molar refractivity (Wildman–Crippen MR) is 123 cm³/mol. The Bertz CT molecular complexity index is 1120. The molecular formula is C27H27N. The van der Waals surface area contributed by atoms with Crippen LogP contribution in [0.5, 0.6) is 0 Å². The van der Waals surface area contributed by atoms with Crippen LogP contribution < -0.4 is 5.32 Å². The molecule has 0 unspecified atom stereocenters. The van der Waals surface area contributed by atoms with Gasteiger partial charge in [-0.15, -0.1) is 0 Å². The number of hydrogen-bond acceptors (Lipinski definition) is 1. The fourth-order valence-electron chi connectivity index (χ4n) is 3.57. The summed E-state index contributed by atoms with van der Waals surface area (Å²) in [5.41, 5.74) is 7.47. The lowest BCUT2D eigenvalue weighted by Crippen LogP contribution is -2.10. The van der Waals surface area contributed by atoms with Crippen LogP contribution in [0.4, 0.5) is 11.4 Å². The summed E-state index contributed by atoms with van der Waals surface area (Å²) in [4.78, 5) is 0. The van der Waals surface area contributed by atoms with Gasteiger partial charge in [0.2, 0.25) is 0 Å². The molecule has 4 aromatic rings. The third-order valence-corrected chi connectivity index (χ3v) is 5.27. The Hall–Kier alpha value is -3.06. The summed E-state index contributed by atoms with van der Waals surface area (Å²) >= 11 is 0. The van der Waals surface area contributed by atoms with Crippen molar-refractivity contribution in [1.82, 2.24) is 0 Å². The smallest absolute Gasteiger partial charge is 0.0464 e. The molecular weight excluding hydrogens is 338 g/mol. The first kappa shape index (κ1) is 18.3. The first-order chi connectivity index (χ1) is 13.4. The van der Waals surface area contributed by atoms with E-state index in [1.165, 1.54) is 33.0 Å². The van der Waals surface area contributed by atoms with Crippen LogP contribution in [0.2, 0.25) is 0 Å². The molecule has 4 aromatic carbocycles. The van der Waals surface area contributed by atoms with E-state index in [9.17, 15) is 0 Å². The first-order valence-corrected chi connectivity index (χ1v) is 9.87. The zero-order valence-corrected chi connectivity index (χ0v) is 17.1. The summed E-state index contributed by atoms with van der Waals surface area (Å²) in [6.07, 6.45) is 0. The first-order valence-electron chi connectivity index (χ1n) is 9.87. The van der Waals surface area contributed by atoms with Crippen molar-refractivity contribution in [3.05, 3.63) is 96.1 Å². The van der Waals surface area contributed by atoms with E-state index in [4.69, 9.17) is 0 Å². The highest BCUT2D eigenvalue weighted by atomic mass is 14.9. The minimum absolute atomic E-state index is 0.165. The minimum Gasteiger partial charge on any atom is -0.355 e. The van der Waals surface area contributed by atoms with E-state index in [2.05, 4.69) is 118 Å². The highest BCUT2D eigenvalue weighted by Gasteiger charge is 2.13. The Morgan fingerprint density at radius 3 is 2.11 bits per heavy atom. The summed E-state index contributed by atoms with van der Waals surface area (Å²) in [5.74, 6) is 0. The van der Waals surface area contributed by atoms with Crippen molar-refractivity contribution in [2.45, 2.75) is 33.1 Å². The lowest BCUT2D eigenvalue weighted by molar-refractivity contribution is 0.590. The van der Waals surface area contributed by atoms with Crippen molar-refractivity contribution >= 4 is 22.1 Å². The highest BCUT2D eigenvalue weighted by molar-refractivity contribution is 5.90. The second kappa shape index (κ2) is 7.16. The number of benzene rings is 4. The van der Waals surface area contributed by atoms with Gasteiger partial charge in [0.25, 0.3) is 0 Å². The van der Waals surface area contributed by atoms with Gasteiger partial charge in [0, 0.05) is 16.9 Å². The molecule has 1 N–H and O–H groups in total. The fraction of sp³-hybridized carbons (Fsp3) is 0.185. The Morgan fingerprint density at radius 1 is 0.679 bits per heavy atom. The van der Waals surface area contributed by atoms with Gasteiger partial charge in [-0.25, -0.2) is 0 Å². The van der Waals surface area contributed by atoms with Crippen LogP contribution in [0.25, 0.3) is 21.9 Å². The molecule has 0 saturated carbocycles. The van der Waals surface area contributed by atoms with E-state index in [-0.39, 0.29) is 5.41 Å². The lowest BCUT2D eigenvalue weighted by atomic mass is 9.87. The molecule has 140 valence electrons. The second-order valence-corrected chi connectivity index (χ2v) is 8.56. The maximum Gasteiger partial charge on any atom is 0.0464 e. The third kappa shape index (κ3) is 3.80. The standard InChI is InChI=1S/C27H27N/c1-19-9-16-26(28-24-14-12-23(13-15-24)27(2,3)4)25(17-19)22-11-10-20-7-5-6-8-21(20)18-22/h5-18,28H,1-4H3. The summed E-state index contributed by atoms with van der Waals surface area (Å²) in [6, 6.07) is 30.6. The zero-order chi connectivity index (χ0) is 19.7. The molecule has 0 aliphatic heterocycles. The molecule has 0 aliphatic rings. The van der Waals surface area contributed by atoms with Gasteiger partial charge in [-0.05, 0) is 64.6 Å². The van der Waals surface area contributed by atoms with Crippen LogP contribution in [0, 0.1) is 6.92 Å². The van der Waals surface area contributed by atoms with E-state index in [0.717, 1.165) is 11.4 Å². The molecule has 0 saturated heterocycles. The van der Waals surface area contributed by atoms with Crippen molar-refractivity contribution in [2.24, 2.45) is 0 Å². The Kier molecular flexibility index (Phi) is 4.68. The quantitative estimate of drug-likeness (QED) is 0.389. The largest absolute Gasteiger partial charge is 0.355 e. The summed E-state index contributed by atoms with van der Waals surface area (Å²) in [6.45, 7) is 8.88. The normalized spacial score (nSPS) is 11.6. The molecule has 4 rings (SSSR count). The fourth-order valence-corrected chi connectivity index (χ4v) is 3.57. The van der Waals surface area contributed by atoms with Crippen molar-refractivity contribution in [3.63, 3.8) is 0 Å². The summed E-state index contributed by atoms with van der Waals surface area (Å²) in [5, 5.41) is 6.16. The van der Waals surface area contributed by atoms with Crippen LogP contribution in [-0.2, 0) is 5.41 Å². The summed E-state index contributed by atoms with van der Waals surface area (Å²) in [7, 11) is 0. The van der Waals surface area contributed by atoms with Crippen LogP contribution >= 0.6 is 0 Å². The Morgan fingerprint density at radius 2 is 1.39 bits per heavy atom. The number of anilines is 2. The molecule has 0 radical (unpaired) electrons. The highest BCUT2D eigenvalue weighted by Crippen LogP contribution is 2.33. The van der Waals surface area contributed by atoms with E-state index in [1.807, 2.05) is 0 Å². The topological polar surface area (TPSA) is 12.0 Å². The van der Waals surface area contributed by atoms with Gasteiger partial charge in [0.1, 0.15) is 0 Å². The molecule has 28 heavy (non-hydrogen) atoms. The average molecular weight is 366 g/mol. The maximum atomic E-state index is 3.62. The maximum absolute atomic E-state index is 3.62. The molecule has 0 atom stereocenters. The monoisotopic (exact) mass is 365 g/mol. The van der Waals surface area contributed by atoms with E-state index in [0.29, 0.717) is 0 Å². The second-order valence-electron chi connectivity index (χ2n) is 8.56. The van der Waals surface area contributed by atoms with Gasteiger partial charge in [-0.3, -0.25) is 0 Å². The zero-order valence-electron chi connectivity index (χ0n) is 17.1. The number of rotatable bonds is 3. The van der Waals surface area contributed by atoms with Crippen molar-refractivity contribution in [1.29, 1.82) is 0 Å². The van der Waals surface area contributed by atoms with Crippen LogP contribution in [0.1, 0.15) is 31.9 Å². The molecule has 0 amide bonds. The molecule has 0 heterocycles. The molecule has 0 fully saturated rings. The number of nitrogens with one attached hydrogen (secondary N) is 1. The van der Waals surface area contributed by atoms with Gasteiger partial charge in [-0.1, -0.05) is 80.9 Å². The Labute approximate surface area is 168 Å². The number of hydrogen-bond donors (Lipinski definition) is 1. The molecule has 1 heteroatoms. The average Bonchev–Trinajstić information content (AvgIpc) is 2.69. The van der Waals surface area contributed by atoms with Crippen LogP contribution in [0.15, 0.2) is 84.9 Å². The van der Waals surface area contributed by atoms with E-state index in [1.54, 1.807) is 0 Å². The molecule has 0 aliphatic carbocycles. The SMILES string of the molecule is Cc1ccc(Nc2ccc(C(C)(C)C)cc2)c(-c2ccc3ccccc3c2)c1. The van der Waals surface area contributed by atoms with Gasteiger partial charge < -0.3 is 5.32 Å². The van der Waals surface area contributed by atoms with Gasteiger partial charge in [-0.2, -0.15) is 0 Å². The summed E-state index contributed by atoms with van der Waals surface area (Å²) < 4.78 is 0. The van der Waals surface area contributed by atoms with E-state index < -0.39 is 0 Å². The van der Waals surface area contributed by atoms with Crippen LogP contribution in [0.3, 0.4) is 0 Å². The van der Waals surface area contributed by atoms with Gasteiger partial charge >= 0.3 is 0 Å².